The molecule has 24 heavy (non-hydrogen) atoms. The van der Waals surface area contributed by atoms with E-state index in [1.165, 1.54) is 11.3 Å². The van der Waals surface area contributed by atoms with Crippen molar-refractivity contribution in [3.8, 4) is 0 Å². The Bertz CT molecular complexity index is 748. The molecule has 2 amide bonds. The maximum atomic E-state index is 12.3. The Morgan fingerprint density at radius 1 is 1.17 bits per heavy atom. The lowest BCUT2D eigenvalue weighted by Crippen LogP contribution is -2.41. The molecule has 9 heteroatoms. The van der Waals surface area contributed by atoms with Crippen molar-refractivity contribution in [3.63, 3.8) is 0 Å². The smallest absolute Gasteiger partial charge is 0.305 e. The quantitative estimate of drug-likeness (QED) is 0.809. The molecule has 0 aliphatic carbocycles. The van der Waals surface area contributed by atoms with Crippen molar-refractivity contribution in [2.75, 3.05) is 31.2 Å². The molecule has 128 valence electrons. The molecule has 3 rings (SSSR count). The fourth-order valence-corrected chi connectivity index (χ4v) is 3.29. The van der Waals surface area contributed by atoms with Gasteiger partial charge in [0.2, 0.25) is 0 Å². The molecule has 2 aromatic rings. The number of amides is 2. The second-order valence-corrected chi connectivity index (χ2v) is 6.31. The molecule has 0 atom stereocenters. The van der Waals surface area contributed by atoms with Gasteiger partial charge < -0.3 is 14.1 Å². The third-order valence-electron chi connectivity index (χ3n) is 3.53. The van der Waals surface area contributed by atoms with Crippen molar-refractivity contribution in [1.82, 2.24) is 15.8 Å². The summed E-state index contributed by atoms with van der Waals surface area (Å²) in [6.45, 7) is 6.32. The number of furan rings is 1. The van der Waals surface area contributed by atoms with Crippen LogP contribution in [-0.4, -0.2) is 43.1 Å². The third-order valence-corrected chi connectivity index (χ3v) is 4.74. The summed E-state index contributed by atoms with van der Waals surface area (Å²) in [4.78, 5) is 31.1. The summed E-state index contributed by atoms with van der Waals surface area (Å²) in [5.74, 6) is -0.143. The van der Waals surface area contributed by atoms with Crippen LogP contribution in [-0.2, 0) is 4.74 Å². The first-order valence-electron chi connectivity index (χ1n) is 7.52. The molecule has 0 unspecified atom stereocenters. The maximum absolute atomic E-state index is 12.3. The van der Waals surface area contributed by atoms with Crippen LogP contribution in [0, 0.1) is 13.8 Å². The molecule has 1 fully saturated rings. The molecule has 0 saturated carbocycles. The van der Waals surface area contributed by atoms with E-state index in [1.54, 1.807) is 26.0 Å². The van der Waals surface area contributed by atoms with Crippen molar-refractivity contribution in [1.29, 1.82) is 0 Å². The van der Waals surface area contributed by atoms with Crippen LogP contribution in [0.15, 0.2) is 16.5 Å². The summed E-state index contributed by atoms with van der Waals surface area (Å²) >= 11 is 1.30. The van der Waals surface area contributed by atoms with Gasteiger partial charge in [-0.1, -0.05) is 11.3 Å². The van der Waals surface area contributed by atoms with E-state index in [0.29, 0.717) is 29.5 Å². The van der Waals surface area contributed by atoms with E-state index in [4.69, 9.17) is 9.15 Å². The van der Waals surface area contributed by atoms with Crippen LogP contribution in [0.1, 0.15) is 31.7 Å². The molecule has 0 radical (unpaired) electrons. The molecule has 1 saturated heterocycles. The Hall–Kier alpha value is -2.39. The highest BCUT2D eigenvalue weighted by molar-refractivity contribution is 7.17. The first-order valence-corrected chi connectivity index (χ1v) is 8.33. The van der Waals surface area contributed by atoms with Gasteiger partial charge >= 0.3 is 5.91 Å². The summed E-state index contributed by atoms with van der Waals surface area (Å²) in [6.07, 6.45) is 0. The van der Waals surface area contributed by atoms with Gasteiger partial charge in [0, 0.05) is 13.1 Å². The van der Waals surface area contributed by atoms with E-state index in [1.807, 2.05) is 0 Å². The molecular weight excluding hydrogens is 332 g/mol. The number of carbonyl (C=O) groups excluding carboxylic acids is 2. The zero-order valence-corrected chi connectivity index (χ0v) is 14.2. The van der Waals surface area contributed by atoms with Crippen LogP contribution in [0.5, 0.6) is 0 Å². The van der Waals surface area contributed by atoms with Crippen LogP contribution >= 0.6 is 11.3 Å². The van der Waals surface area contributed by atoms with Crippen LogP contribution in [0.25, 0.3) is 0 Å². The Morgan fingerprint density at radius 3 is 2.54 bits per heavy atom. The number of rotatable bonds is 3. The van der Waals surface area contributed by atoms with Crippen LogP contribution in [0.2, 0.25) is 0 Å². The number of thiazole rings is 1. The van der Waals surface area contributed by atoms with Gasteiger partial charge in [-0.15, -0.1) is 0 Å². The van der Waals surface area contributed by atoms with Crippen molar-refractivity contribution in [2.24, 2.45) is 0 Å². The SMILES string of the molecule is Cc1ccc(C(=O)NNC(=O)c2sc(N3CCOCC3)nc2C)o1. The first-order chi connectivity index (χ1) is 11.5. The van der Waals surface area contributed by atoms with Gasteiger partial charge in [-0.2, -0.15) is 0 Å². The lowest BCUT2D eigenvalue weighted by atomic mass is 10.4. The topological polar surface area (TPSA) is 96.7 Å². The molecule has 8 nitrogen and oxygen atoms in total. The number of morpholine rings is 1. The highest BCUT2D eigenvalue weighted by Crippen LogP contribution is 2.26. The lowest BCUT2D eigenvalue weighted by Gasteiger charge is -2.25. The molecule has 0 aromatic carbocycles. The number of hydrogen-bond acceptors (Lipinski definition) is 7. The highest BCUT2D eigenvalue weighted by atomic mass is 32.1. The number of aromatic nitrogens is 1. The molecular formula is C15H18N4O4S. The number of ether oxygens (including phenoxy) is 1. The van der Waals surface area contributed by atoms with E-state index in [-0.39, 0.29) is 5.76 Å². The Balaban J connectivity index is 1.62. The first kappa shape index (κ1) is 16.5. The van der Waals surface area contributed by atoms with E-state index in [9.17, 15) is 9.59 Å². The van der Waals surface area contributed by atoms with E-state index in [0.717, 1.165) is 18.2 Å². The number of aryl methyl sites for hydroxylation is 2. The molecule has 3 heterocycles. The van der Waals surface area contributed by atoms with E-state index in [2.05, 4.69) is 20.7 Å². The normalized spacial score (nSPS) is 14.5. The number of carbonyl (C=O) groups is 2. The Labute approximate surface area is 142 Å². The summed E-state index contributed by atoms with van der Waals surface area (Å²) in [6, 6.07) is 3.23. The molecule has 1 aliphatic heterocycles. The molecule has 2 aromatic heterocycles. The number of nitrogens with zero attached hydrogens (tertiary/aromatic N) is 2. The number of nitrogens with one attached hydrogen (secondary N) is 2. The number of hydrogen-bond donors (Lipinski definition) is 2. The van der Waals surface area contributed by atoms with Gasteiger partial charge in [0.1, 0.15) is 10.6 Å². The van der Waals surface area contributed by atoms with Crippen LogP contribution in [0.4, 0.5) is 5.13 Å². The number of anilines is 1. The fraction of sp³-hybridized carbons (Fsp3) is 0.400. The zero-order chi connectivity index (χ0) is 17.1. The van der Waals surface area contributed by atoms with E-state index >= 15 is 0 Å². The van der Waals surface area contributed by atoms with Crippen molar-refractivity contribution in [3.05, 3.63) is 34.2 Å². The van der Waals surface area contributed by atoms with Gasteiger partial charge in [0.05, 0.1) is 18.9 Å². The highest BCUT2D eigenvalue weighted by Gasteiger charge is 2.21. The lowest BCUT2D eigenvalue weighted by molar-refractivity contribution is 0.0831. The van der Waals surface area contributed by atoms with Crippen LogP contribution in [0.3, 0.4) is 0 Å². The minimum absolute atomic E-state index is 0.142. The monoisotopic (exact) mass is 350 g/mol. The largest absolute Gasteiger partial charge is 0.456 e. The van der Waals surface area contributed by atoms with Crippen molar-refractivity contribution >= 4 is 28.3 Å². The van der Waals surface area contributed by atoms with Gasteiger partial charge in [-0.25, -0.2) is 4.98 Å². The summed E-state index contributed by atoms with van der Waals surface area (Å²) in [7, 11) is 0. The number of hydrazine groups is 1. The predicted molar refractivity (Wildman–Crippen MR) is 88.3 cm³/mol. The maximum Gasteiger partial charge on any atom is 0.305 e. The summed E-state index contributed by atoms with van der Waals surface area (Å²) in [5.41, 5.74) is 5.36. The predicted octanol–water partition coefficient (Wildman–Crippen LogP) is 1.26. The molecule has 0 spiro atoms. The summed E-state index contributed by atoms with van der Waals surface area (Å²) < 4.78 is 10.5. The minimum Gasteiger partial charge on any atom is -0.456 e. The standard InChI is InChI=1S/C15H18N4O4S/c1-9-3-4-11(23-9)13(20)17-18-14(21)12-10(2)16-15(24-12)19-5-7-22-8-6-19/h3-4H,5-8H2,1-2H3,(H,17,20)(H,18,21). The van der Waals surface area contributed by atoms with Crippen molar-refractivity contribution in [2.45, 2.75) is 13.8 Å². The fourth-order valence-electron chi connectivity index (χ4n) is 2.27. The summed E-state index contributed by atoms with van der Waals surface area (Å²) in [5, 5.41) is 0.786. The molecule has 1 aliphatic rings. The average Bonchev–Trinajstić information content (AvgIpc) is 3.19. The Kier molecular flexibility index (Phi) is 4.81. The Morgan fingerprint density at radius 2 is 1.88 bits per heavy atom. The van der Waals surface area contributed by atoms with Crippen molar-refractivity contribution < 1.29 is 18.7 Å². The zero-order valence-electron chi connectivity index (χ0n) is 13.4. The minimum atomic E-state index is -0.507. The van der Waals surface area contributed by atoms with Gasteiger partial charge in [0.15, 0.2) is 10.9 Å². The van der Waals surface area contributed by atoms with Gasteiger partial charge in [-0.3, -0.25) is 20.4 Å². The van der Waals surface area contributed by atoms with E-state index < -0.39 is 11.8 Å². The average molecular weight is 350 g/mol. The molecule has 0 bridgehead atoms. The van der Waals surface area contributed by atoms with Crippen LogP contribution < -0.4 is 15.8 Å². The van der Waals surface area contributed by atoms with Gasteiger partial charge in [0.25, 0.3) is 5.91 Å². The second kappa shape index (κ2) is 7.02. The van der Waals surface area contributed by atoms with Gasteiger partial charge in [-0.05, 0) is 26.0 Å². The second-order valence-electron chi connectivity index (χ2n) is 5.33. The third kappa shape index (κ3) is 3.57. The molecule has 2 N–H and O–H groups in total.